The number of methoxy groups -OCH3 is 2. The molecular formula is C31H37NO7. The average Bonchev–Trinajstić information content (AvgIpc) is 2.92. The molecule has 0 fully saturated rings. The Morgan fingerprint density at radius 1 is 1.03 bits per heavy atom. The second-order valence-corrected chi connectivity index (χ2v) is 9.92. The molecule has 0 aromatic heterocycles. The number of hydrogen-bond donors (Lipinski definition) is 2. The normalized spacial score (nSPS) is 19.7. The molecule has 2 aliphatic rings. The number of allylic oxidation sites excluding steroid dienone is 3. The highest BCUT2D eigenvalue weighted by atomic mass is 16.5. The minimum Gasteiger partial charge on any atom is -0.504 e. The van der Waals surface area contributed by atoms with E-state index in [9.17, 15) is 14.7 Å². The lowest BCUT2D eigenvalue weighted by molar-refractivity contribution is -0.144. The number of aromatic hydroxyl groups is 1. The molecule has 3 atom stereocenters. The van der Waals surface area contributed by atoms with Gasteiger partial charge in [-0.3, -0.25) is 4.79 Å². The molecule has 1 heterocycles. The van der Waals surface area contributed by atoms with Crippen molar-refractivity contribution in [2.75, 3.05) is 20.8 Å². The quantitative estimate of drug-likeness (QED) is 0.405. The van der Waals surface area contributed by atoms with E-state index in [1.54, 1.807) is 26.4 Å². The zero-order valence-electron chi connectivity index (χ0n) is 23.4. The first kappa shape index (κ1) is 28.1. The molecule has 2 aromatic rings. The maximum absolute atomic E-state index is 13.9. The lowest BCUT2D eigenvalue weighted by atomic mass is 9.71. The number of dihydropyridines is 1. The van der Waals surface area contributed by atoms with Crippen LogP contribution in [0, 0.1) is 0 Å². The number of esters is 1. The van der Waals surface area contributed by atoms with E-state index in [0.29, 0.717) is 59.1 Å². The summed E-state index contributed by atoms with van der Waals surface area (Å²) in [6, 6.07) is 10.7. The molecule has 208 valence electrons. The van der Waals surface area contributed by atoms with Crippen LogP contribution in [0.4, 0.5) is 0 Å². The van der Waals surface area contributed by atoms with Gasteiger partial charge in [0.1, 0.15) is 0 Å². The molecule has 0 unspecified atom stereocenters. The maximum atomic E-state index is 13.9. The second-order valence-electron chi connectivity index (χ2n) is 9.92. The van der Waals surface area contributed by atoms with Crippen molar-refractivity contribution in [2.24, 2.45) is 0 Å². The van der Waals surface area contributed by atoms with E-state index in [4.69, 9.17) is 18.9 Å². The van der Waals surface area contributed by atoms with Gasteiger partial charge in [-0.2, -0.15) is 0 Å². The zero-order chi connectivity index (χ0) is 28.3. The van der Waals surface area contributed by atoms with Crippen LogP contribution in [0.3, 0.4) is 0 Å². The molecule has 1 aliphatic carbocycles. The Balaban J connectivity index is 1.80. The topological polar surface area (TPSA) is 103 Å². The number of hydrogen-bond acceptors (Lipinski definition) is 8. The van der Waals surface area contributed by atoms with Crippen molar-refractivity contribution in [3.05, 3.63) is 70.1 Å². The van der Waals surface area contributed by atoms with Crippen molar-refractivity contribution in [3.63, 3.8) is 0 Å². The van der Waals surface area contributed by atoms with Crippen molar-refractivity contribution in [3.8, 4) is 23.0 Å². The number of ether oxygens (including phenoxy) is 4. The Bertz CT molecular complexity index is 1330. The van der Waals surface area contributed by atoms with Crippen molar-refractivity contribution >= 4 is 11.8 Å². The highest BCUT2D eigenvalue weighted by Gasteiger charge is 2.42. The average molecular weight is 536 g/mol. The molecule has 0 spiro atoms. The molecule has 0 radical (unpaired) electrons. The SMILES string of the molecule is CCOc1cc([C@@H]2C(C(=O)O[C@H](C)CC)=C(C)NC3=C2C(=O)C[C@@H](c2ccc(OC)c(OC)c2)C3)ccc1O. The fraction of sp³-hybridized carbons (Fsp3) is 0.419. The summed E-state index contributed by atoms with van der Waals surface area (Å²) >= 11 is 0. The predicted molar refractivity (Wildman–Crippen MR) is 147 cm³/mol. The van der Waals surface area contributed by atoms with Crippen LogP contribution in [-0.4, -0.2) is 43.8 Å². The number of rotatable bonds is 9. The Labute approximate surface area is 229 Å². The maximum Gasteiger partial charge on any atom is 0.337 e. The van der Waals surface area contributed by atoms with Gasteiger partial charge in [-0.1, -0.05) is 19.1 Å². The summed E-state index contributed by atoms with van der Waals surface area (Å²) in [5.41, 5.74) is 4.00. The molecule has 2 aromatic carbocycles. The van der Waals surface area contributed by atoms with Crippen LogP contribution in [0.15, 0.2) is 58.9 Å². The smallest absolute Gasteiger partial charge is 0.337 e. The number of phenols is 1. The molecule has 8 heteroatoms. The molecule has 0 amide bonds. The first-order chi connectivity index (χ1) is 18.7. The van der Waals surface area contributed by atoms with Gasteiger partial charge in [-0.15, -0.1) is 0 Å². The Morgan fingerprint density at radius 3 is 2.38 bits per heavy atom. The third kappa shape index (κ3) is 5.60. The van der Waals surface area contributed by atoms with Gasteiger partial charge in [-0.25, -0.2) is 4.79 Å². The summed E-state index contributed by atoms with van der Waals surface area (Å²) in [6.45, 7) is 7.81. The molecule has 2 N–H and O–H groups in total. The fourth-order valence-corrected chi connectivity index (χ4v) is 5.30. The third-order valence-electron chi connectivity index (χ3n) is 7.43. The van der Waals surface area contributed by atoms with Crippen molar-refractivity contribution in [1.82, 2.24) is 5.32 Å². The number of nitrogens with one attached hydrogen (secondary N) is 1. The number of carbonyl (C=O) groups is 2. The number of benzene rings is 2. The van der Waals surface area contributed by atoms with Crippen molar-refractivity contribution in [1.29, 1.82) is 0 Å². The van der Waals surface area contributed by atoms with E-state index >= 15 is 0 Å². The van der Waals surface area contributed by atoms with Crippen LogP contribution in [0.1, 0.15) is 69.9 Å². The van der Waals surface area contributed by atoms with E-state index in [1.807, 2.05) is 45.9 Å². The third-order valence-corrected chi connectivity index (χ3v) is 7.43. The Morgan fingerprint density at radius 2 is 1.72 bits per heavy atom. The minimum absolute atomic E-state index is 0.00309. The zero-order valence-corrected chi connectivity index (χ0v) is 23.4. The minimum atomic E-state index is -0.656. The molecule has 0 saturated carbocycles. The van der Waals surface area contributed by atoms with E-state index in [0.717, 1.165) is 11.3 Å². The second kappa shape index (κ2) is 11.8. The van der Waals surface area contributed by atoms with Gasteiger partial charge in [0.15, 0.2) is 28.8 Å². The van der Waals surface area contributed by atoms with E-state index in [-0.39, 0.29) is 30.0 Å². The van der Waals surface area contributed by atoms with E-state index < -0.39 is 11.9 Å². The van der Waals surface area contributed by atoms with Gasteiger partial charge in [0, 0.05) is 29.3 Å². The van der Waals surface area contributed by atoms with Crippen molar-refractivity contribution < 1.29 is 33.6 Å². The Hall–Kier alpha value is -3.94. The molecule has 4 rings (SSSR count). The largest absolute Gasteiger partial charge is 0.504 e. The number of carbonyl (C=O) groups excluding carboxylic acids is 2. The summed E-state index contributed by atoms with van der Waals surface area (Å²) in [5, 5.41) is 13.7. The molecule has 1 aliphatic heterocycles. The summed E-state index contributed by atoms with van der Waals surface area (Å²) in [6.07, 6.45) is 1.25. The fourth-order valence-electron chi connectivity index (χ4n) is 5.30. The van der Waals surface area contributed by atoms with Gasteiger partial charge in [0.25, 0.3) is 0 Å². The van der Waals surface area contributed by atoms with E-state index in [2.05, 4.69) is 5.32 Å². The number of ketones is 1. The monoisotopic (exact) mass is 535 g/mol. The lowest BCUT2D eigenvalue weighted by Crippen LogP contribution is -2.36. The van der Waals surface area contributed by atoms with Gasteiger partial charge in [0.2, 0.25) is 0 Å². The van der Waals surface area contributed by atoms with Crippen LogP contribution in [0.5, 0.6) is 23.0 Å². The summed E-state index contributed by atoms with van der Waals surface area (Å²) < 4.78 is 22.2. The van der Waals surface area contributed by atoms with Gasteiger partial charge >= 0.3 is 5.97 Å². The number of phenolic OH excluding ortho intramolecular Hbond substituents is 1. The number of Topliss-reactive ketones (excluding diaryl/α,β-unsaturated/α-hetero) is 1. The molecular weight excluding hydrogens is 498 g/mol. The molecule has 0 saturated heterocycles. The summed E-state index contributed by atoms with van der Waals surface area (Å²) in [5.74, 6) is 0.273. The predicted octanol–water partition coefficient (Wildman–Crippen LogP) is 5.51. The van der Waals surface area contributed by atoms with Crippen LogP contribution >= 0.6 is 0 Å². The van der Waals surface area contributed by atoms with Crippen LogP contribution in [0.2, 0.25) is 0 Å². The highest BCUT2D eigenvalue weighted by Crippen LogP contribution is 2.47. The van der Waals surface area contributed by atoms with Gasteiger partial charge < -0.3 is 29.4 Å². The molecule has 39 heavy (non-hydrogen) atoms. The van der Waals surface area contributed by atoms with Gasteiger partial charge in [-0.05, 0) is 74.9 Å². The van der Waals surface area contributed by atoms with Crippen LogP contribution < -0.4 is 19.5 Å². The van der Waals surface area contributed by atoms with Crippen LogP contribution in [0.25, 0.3) is 0 Å². The molecule has 0 bridgehead atoms. The van der Waals surface area contributed by atoms with Crippen LogP contribution in [-0.2, 0) is 14.3 Å². The standard InChI is InChI=1S/C31H37NO7/c1-7-17(3)39-31(35)28-18(4)32-22-13-21(19-10-12-25(36-5)27(15-19)37-6)14-24(34)30(22)29(28)20-9-11-23(33)26(16-20)38-8-2/h9-12,15-17,21,29,32-33H,7-8,13-14H2,1-6H3/t17-,21+,29-/m1/s1. The first-order valence-electron chi connectivity index (χ1n) is 13.3. The molecule has 8 nitrogen and oxygen atoms in total. The summed E-state index contributed by atoms with van der Waals surface area (Å²) in [7, 11) is 3.17. The highest BCUT2D eigenvalue weighted by molar-refractivity contribution is 6.04. The van der Waals surface area contributed by atoms with Gasteiger partial charge in [0.05, 0.1) is 32.5 Å². The van der Waals surface area contributed by atoms with E-state index in [1.165, 1.54) is 6.07 Å². The van der Waals surface area contributed by atoms with Crippen molar-refractivity contribution in [2.45, 2.75) is 64.9 Å². The Kier molecular flexibility index (Phi) is 8.53. The first-order valence-corrected chi connectivity index (χ1v) is 13.3. The lowest BCUT2D eigenvalue weighted by Gasteiger charge is -2.37. The summed E-state index contributed by atoms with van der Waals surface area (Å²) in [4.78, 5) is 27.4.